The number of hydrogen-bond donors (Lipinski definition) is 3. The van der Waals surface area contributed by atoms with Crippen LogP contribution < -0.4 is 10.0 Å². The maximum Gasteiger partial charge on any atom is 0.255 e. The number of phenols is 1. The molecule has 2 aromatic carbocycles. The molecule has 0 aliphatic carbocycles. The molecular formula is C18H20N2O4S. The van der Waals surface area contributed by atoms with E-state index in [0.29, 0.717) is 0 Å². The van der Waals surface area contributed by atoms with E-state index in [1.165, 1.54) is 24.3 Å². The summed E-state index contributed by atoms with van der Waals surface area (Å²) in [6, 6.07) is 13.1. The van der Waals surface area contributed by atoms with E-state index < -0.39 is 10.0 Å². The average Bonchev–Trinajstić information content (AvgIpc) is 2.57. The van der Waals surface area contributed by atoms with Crippen LogP contribution in [0.15, 0.2) is 53.9 Å². The minimum Gasteiger partial charge on any atom is -0.506 e. The summed E-state index contributed by atoms with van der Waals surface area (Å²) in [6.45, 7) is 3.43. The van der Waals surface area contributed by atoms with E-state index in [4.69, 9.17) is 0 Å². The molecule has 0 saturated carbocycles. The van der Waals surface area contributed by atoms with Crippen molar-refractivity contribution >= 4 is 33.4 Å². The largest absolute Gasteiger partial charge is 0.506 e. The van der Waals surface area contributed by atoms with E-state index in [0.717, 1.165) is 11.0 Å². The fourth-order valence-electron chi connectivity index (χ4n) is 1.91. The summed E-state index contributed by atoms with van der Waals surface area (Å²) in [6.07, 6.45) is 1.48. The third kappa shape index (κ3) is 5.65. The Morgan fingerprint density at radius 3 is 2.44 bits per heavy atom. The van der Waals surface area contributed by atoms with E-state index >= 15 is 0 Å². The third-order valence-electron chi connectivity index (χ3n) is 3.28. The summed E-state index contributed by atoms with van der Waals surface area (Å²) in [4.78, 5) is 11.7. The zero-order chi connectivity index (χ0) is 18.4. The van der Waals surface area contributed by atoms with Crippen molar-refractivity contribution in [2.24, 2.45) is 5.92 Å². The van der Waals surface area contributed by atoms with Gasteiger partial charge in [-0.05, 0) is 29.8 Å². The number of aromatic hydroxyl groups is 1. The van der Waals surface area contributed by atoms with Gasteiger partial charge >= 0.3 is 0 Å². The van der Waals surface area contributed by atoms with Crippen molar-refractivity contribution < 1.29 is 18.3 Å². The van der Waals surface area contributed by atoms with E-state index in [1.807, 2.05) is 18.2 Å². The second-order valence-electron chi connectivity index (χ2n) is 5.74. The van der Waals surface area contributed by atoms with Crippen LogP contribution in [0.25, 0.3) is 6.08 Å². The van der Waals surface area contributed by atoms with Gasteiger partial charge in [0, 0.05) is 5.92 Å². The van der Waals surface area contributed by atoms with E-state index in [-0.39, 0.29) is 28.9 Å². The number of benzene rings is 2. The van der Waals surface area contributed by atoms with Gasteiger partial charge in [0.15, 0.2) is 0 Å². The number of carbonyl (C=O) groups is 1. The molecule has 0 aliphatic heterocycles. The number of anilines is 2. The Morgan fingerprint density at radius 1 is 1.12 bits per heavy atom. The Labute approximate surface area is 147 Å². The molecule has 0 bridgehead atoms. The molecule has 0 unspecified atom stereocenters. The van der Waals surface area contributed by atoms with E-state index in [1.54, 1.807) is 26.0 Å². The molecule has 25 heavy (non-hydrogen) atoms. The van der Waals surface area contributed by atoms with Crippen LogP contribution in [0.4, 0.5) is 11.4 Å². The van der Waals surface area contributed by atoms with E-state index in [2.05, 4.69) is 10.0 Å². The molecule has 1 amide bonds. The first-order valence-electron chi connectivity index (χ1n) is 7.66. The van der Waals surface area contributed by atoms with Gasteiger partial charge in [-0.2, -0.15) is 0 Å². The monoisotopic (exact) mass is 360 g/mol. The zero-order valence-electron chi connectivity index (χ0n) is 13.9. The van der Waals surface area contributed by atoms with Crippen LogP contribution in [0.3, 0.4) is 0 Å². The first-order valence-corrected chi connectivity index (χ1v) is 9.21. The highest BCUT2D eigenvalue weighted by Crippen LogP contribution is 2.27. The highest BCUT2D eigenvalue weighted by molar-refractivity contribution is 7.95. The normalized spacial score (nSPS) is 11.6. The molecule has 6 nitrogen and oxygen atoms in total. The molecule has 0 aliphatic rings. The summed E-state index contributed by atoms with van der Waals surface area (Å²) in [5.41, 5.74) is 1.13. The van der Waals surface area contributed by atoms with Gasteiger partial charge in [-0.25, -0.2) is 8.42 Å². The molecule has 0 aromatic heterocycles. The summed E-state index contributed by atoms with van der Waals surface area (Å²) in [5.74, 6) is -0.690. The van der Waals surface area contributed by atoms with Crippen molar-refractivity contribution in [3.63, 3.8) is 0 Å². The average molecular weight is 360 g/mol. The predicted molar refractivity (Wildman–Crippen MR) is 99.6 cm³/mol. The van der Waals surface area contributed by atoms with Crippen LogP contribution in [0.5, 0.6) is 5.75 Å². The molecule has 132 valence electrons. The summed E-state index contributed by atoms with van der Waals surface area (Å²) in [7, 11) is -3.73. The second-order valence-corrected chi connectivity index (χ2v) is 7.30. The molecule has 0 atom stereocenters. The Balaban J connectivity index is 2.16. The van der Waals surface area contributed by atoms with Crippen LogP contribution >= 0.6 is 0 Å². The van der Waals surface area contributed by atoms with Crippen molar-refractivity contribution in [1.29, 1.82) is 0 Å². The Kier molecular flexibility index (Phi) is 5.82. The number of sulfonamides is 1. The minimum atomic E-state index is -3.73. The third-order valence-corrected chi connectivity index (χ3v) is 4.29. The molecule has 0 saturated heterocycles. The SMILES string of the molecule is CC(C)C(=O)Nc1cc(NS(=O)(=O)C=Cc2ccccc2)ccc1O. The van der Waals surface area contributed by atoms with Crippen molar-refractivity contribution in [2.75, 3.05) is 10.0 Å². The molecule has 0 spiro atoms. The van der Waals surface area contributed by atoms with Crippen LogP contribution in [-0.4, -0.2) is 19.4 Å². The van der Waals surface area contributed by atoms with Crippen LogP contribution in [0, 0.1) is 5.92 Å². The topological polar surface area (TPSA) is 95.5 Å². The summed E-state index contributed by atoms with van der Waals surface area (Å²) in [5, 5.41) is 13.4. The maximum atomic E-state index is 12.2. The standard InChI is InChI=1S/C18H20N2O4S/c1-13(2)18(22)19-16-12-15(8-9-17(16)21)20-25(23,24)11-10-14-6-4-3-5-7-14/h3-13,20-21H,1-2H3,(H,19,22). The lowest BCUT2D eigenvalue weighted by Crippen LogP contribution is -2.18. The molecular weight excluding hydrogens is 340 g/mol. The molecule has 0 fully saturated rings. The fourth-order valence-corrected chi connectivity index (χ4v) is 2.77. The predicted octanol–water partition coefficient (Wildman–Crippen LogP) is 3.40. The number of phenolic OH excluding ortho intramolecular Hbond substituents is 1. The Bertz CT molecular complexity index is 875. The van der Waals surface area contributed by atoms with E-state index in [9.17, 15) is 18.3 Å². The van der Waals surface area contributed by atoms with Crippen molar-refractivity contribution in [2.45, 2.75) is 13.8 Å². The lowest BCUT2D eigenvalue weighted by Gasteiger charge is -2.12. The van der Waals surface area contributed by atoms with Gasteiger partial charge in [-0.1, -0.05) is 44.2 Å². The lowest BCUT2D eigenvalue weighted by molar-refractivity contribution is -0.118. The van der Waals surface area contributed by atoms with Gasteiger partial charge in [-0.3, -0.25) is 9.52 Å². The Hall–Kier alpha value is -2.80. The van der Waals surface area contributed by atoms with Gasteiger partial charge < -0.3 is 10.4 Å². The van der Waals surface area contributed by atoms with Crippen LogP contribution in [0.2, 0.25) is 0 Å². The van der Waals surface area contributed by atoms with Gasteiger partial charge in [-0.15, -0.1) is 0 Å². The smallest absolute Gasteiger partial charge is 0.255 e. The van der Waals surface area contributed by atoms with Gasteiger partial charge in [0.2, 0.25) is 5.91 Å². The number of hydrogen-bond acceptors (Lipinski definition) is 4. The molecule has 2 rings (SSSR count). The number of amides is 1. The number of rotatable bonds is 6. The minimum absolute atomic E-state index is 0.142. The first kappa shape index (κ1) is 18.5. The molecule has 3 N–H and O–H groups in total. The number of carbonyl (C=O) groups excluding carboxylic acids is 1. The lowest BCUT2D eigenvalue weighted by atomic mass is 10.2. The summed E-state index contributed by atoms with van der Waals surface area (Å²) >= 11 is 0. The molecule has 0 radical (unpaired) electrons. The van der Waals surface area contributed by atoms with Gasteiger partial charge in [0.1, 0.15) is 5.75 Å². The van der Waals surface area contributed by atoms with Crippen molar-refractivity contribution in [1.82, 2.24) is 0 Å². The van der Waals surface area contributed by atoms with Crippen molar-refractivity contribution in [3.05, 3.63) is 59.5 Å². The van der Waals surface area contributed by atoms with Gasteiger partial charge in [0.25, 0.3) is 10.0 Å². The van der Waals surface area contributed by atoms with Crippen molar-refractivity contribution in [3.8, 4) is 5.75 Å². The summed E-state index contributed by atoms with van der Waals surface area (Å²) < 4.78 is 26.7. The first-order chi connectivity index (χ1) is 11.8. The molecule has 2 aromatic rings. The fraction of sp³-hybridized carbons (Fsp3) is 0.167. The highest BCUT2D eigenvalue weighted by atomic mass is 32.2. The second kappa shape index (κ2) is 7.85. The highest BCUT2D eigenvalue weighted by Gasteiger charge is 2.12. The zero-order valence-corrected chi connectivity index (χ0v) is 14.7. The van der Waals surface area contributed by atoms with Crippen LogP contribution in [0.1, 0.15) is 19.4 Å². The van der Waals surface area contributed by atoms with Gasteiger partial charge in [0.05, 0.1) is 16.8 Å². The quantitative estimate of drug-likeness (QED) is 0.543. The molecule has 0 heterocycles. The Morgan fingerprint density at radius 2 is 1.80 bits per heavy atom. The number of nitrogens with one attached hydrogen (secondary N) is 2. The van der Waals surface area contributed by atoms with Crippen LogP contribution in [-0.2, 0) is 14.8 Å². The maximum absolute atomic E-state index is 12.2. The molecule has 7 heteroatoms.